The summed E-state index contributed by atoms with van der Waals surface area (Å²) in [6, 6.07) is 23.5. The second-order valence-electron chi connectivity index (χ2n) is 7.75. The zero-order valence-electron chi connectivity index (χ0n) is 18.7. The van der Waals surface area contributed by atoms with Crippen molar-refractivity contribution < 1.29 is 14.3 Å². The van der Waals surface area contributed by atoms with E-state index in [1.54, 1.807) is 7.11 Å². The molecule has 5 nitrogen and oxygen atoms in total. The van der Waals surface area contributed by atoms with Gasteiger partial charge in [0.15, 0.2) is 6.61 Å². The Morgan fingerprint density at radius 3 is 2.34 bits per heavy atom. The molecule has 0 unspecified atom stereocenters. The zero-order valence-corrected chi connectivity index (χ0v) is 18.7. The predicted molar refractivity (Wildman–Crippen MR) is 127 cm³/mol. The van der Waals surface area contributed by atoms with E-state index in [4.69, 9.17) is 9.47 Å². The molecule has 1 amide bonds. The van der Waals surface area contributed by atoms with E-state index in [1.165, 1.54) is 0 Å². The van der Waals surface area contributed by atoms with Gasteiger partial charge in [-0.2, -0.15) is 0 Å². The summed E-state index contributed by atoms with van der Waals surface area (Å²) in [6.07, 6.45) is 2.00. The third-order valence-electron chi connectivity index (χ3n) is 5.70. The van der Waals surface area contributed by atoms with Crippen molar-refractivity contribution in [2.75, 3.05) is 20.3 Å². The van der Waals surface area contributed by atoms with Gasteiger partial charge in [0.1, 0.15) is 11.5 Å². The number of nitrogens with one attached hydrogen (secondary N) is 1. The highest BCUT2D eigenvalue weighted by molar-refractivity contribution is 5.86. The number of carbonyl (C=O) groups excluding carboxylic acids is 1. The number of hydrogen-bond acceptors (Lipinski definition) is 3. The molecule has 0 aliphatic heterocycles. The summed E-state index contributed by atoms with van der Waals surface area (Å²) in [7, 11) is 1.65. The molecule has 1 heterocycles. The van der Waals surface area contributed by atoms with Gasteiger partial charge in [0.25, 0.3) is 5.91 Å². The molecule has 4 aromatic rings. The second kappa shape index (κ2) is 9.60. The van der Waals surface area contributed by atoms with E-state index < -0.39 is 0 Å². The van der Waals surface area contributed by atoms with Crippen LogP contribution in [0.5, 0.6) is 11.5 Å². The monoisotopic (exact) mass is 428 g/mol. The van der Waals surface area contributed by atoms with Crippen molar-refractivity contribution in [1.29, 1.82) is 0 Å². The maximum atomic E-state index is 13.3. The van der Waals surface area contributed by atoms with Gasteiger partial charge in [0.05, 0.1) is 13.2 Å². The van der Waals surface area contributed by atoms with Gasteiger partial charge in [-0.15, -0.1) is 0 Å². The molecular formula is C27H28N2O3. The van der Waals surface area contributed by atoms with Gasteiger partial charge in [0, 0.05) is 29.2 Å². The summed E-state index contributed by atoms with van der Waals surface area (Å²) >= 11 is 0. The van der Waals surface area contributed by atoms with Crippen molar-refractivity contribution >= 4 is 16.8 Å². The molecule has 1 N–H and O–H groups in total. The molecule has 1 atom stereocenters. The number of methoxy groups -OCH3 is 1. The molecule has 0 fully saturated rings. The fourth-order valence-electron chi connectivity index (χ4n) is 4.00. The predicted octanol–water partition coefficient (Wildman–Crippen LogP) is 5.50. The Bertz CT molecular complexity index is 1180. The van der Waals surface area contributed by atoms with Gasteiger partial charge in [-0.3, -0.25) is 4.79 Å². The summed E-state index contributed by atoms with van der Waals surface area (Å²) in [5.74, 6) is 1.40. The molecule has 3 aromatic carbocycles. The van der Waals surface area contributed by atoms with E-state index in [-0.39, 0.29) is 18.6 Å². The van der Waals surface area contributed by atoms with E-state index in [0.29, 0.717) is 12.3 Å². The average Bonchev–Trinajstić information content (AvgIpc) is 3.26. The molecule has 1 aromatic heterocycles. The topological polar surface area (TPSA) is 54.6 Å². The van der Waals surface area contributed by atoms with Crippen LogP contribution in [0.2, 0.25) is 0 Å². The molecule has 0 bridgehead atoms. The highest BCUT2D eigenvalue weighted by Gasteiger charge is 2.28. The molecule has 4 rings (SSSR count). The zero-order chi connectivity index (χ0) is 22.5. The molecule has 32 heavy (non-hydrogen) atoms. The minimum Gasteiger partial charge on any atom is -0.497 e. The highest BCUT2D eigenvalue weighted by Crippen LogP contribution is 2.34. The van der Waals surface area contributed by atoms with Gasteiger partial charge in [0.2, 0.25) is 0 Å². The van der Waals surface area contributed by atoms with Gasteiger partial charge < -0.3 is 19.4 Å². The van der Waals surface area contributed by atoms with Crippen molar-refractivity contribution in [3.8, 4) is 11.5 Å². The lowest BCUT2D eigenvalue weighted by Gasteiger charge is -2.31. The standard InChI is InChI=1S/C27H28N2O3/c1-4-29(26(30)18-32-22-13-9-19(2)10-14-22)27(20-11-15-21(31-3)16-12-20)24-17-28-25-8-6-5-7-23(24)25/h5-17,27-28H,4,18H2,1-3H3/t27-/m1/s1. The number of likely N-dealkylation sites (N-methyl/N-ethyl adjacent to an activating group) is 1. The Morgan fingerprint density at radius 1 is 0.969 bits per heavy atom. The molecule has 0 spiro atoms. The minimum atomic E-state index is -0.254. The normalized spacial score (nSPS) is 11.8. The lowest BCUT2D eigenvalue weighted by atomic mass is 9.96. The van der Waals surface area contributed by atoms with Crippen LogP contribution >= 0.6 is 0 Å². The minimum absolute atomic E-state index is 0.0219. The average molecular weight is 429 g/mol. The lowest BCUT2D eigenvalue weighted by molar-refractivity contribution is -0.134. The van der Waals surface area contributed by atoms with Gasteiger partial charge in [-0.05, 0) is 49.7 Å². The Balaban J connectivity index is 1.68. The number of carbonyl (C=O) groups is 1. The Hall–Kier alpha value is -3.73. The van der Waals surface area contributed by atoms with Crippen LogP contribution in [0.1, 0.15) is 29.7 Å². The molecule has 0 saturated carbocycles. The van der Waals surface area contributed by atoms with Crippen molar-refractivity contribution in [3.63, 3.8) is 0 Å². The number of fused-ring (bicyclic) bond motifs is 1. The van der Waals surface area contributed by atoms with E-state index in [0.717, 1.165) is 33.3 Å². The van der Waals surface area contributed by atoms with E-state index in [1.807, 2.05) is 91.7 Å². The number of rotatable bonds is 8. The van der Waals surface area contributed by atoms with E-state index in [9.17, 15) is 4.79 Å². The number of para-hydroxylation sites is 1. The fraction of sp³-hybridized carbons (Fsp3) is 0.222. The van der Waals surface area contributed by atoms with Crippen molar-refractivity contribution in [1.82, 2.24) is 9.88 Å². The summed E-state index contributed by atoms with van der Waals surface area (Å²) in [4.78, 5) is 18.6. The Kier molecular flexibility index (Phi) is 6.45. The Morgan fingerprint density at radius 2 is 1.66 bits per heavy atom. The van der Waals surface area contributed by atoms with Crippen molar-refractivity contribution in [2.45, 2.75) is 19.9 Å². The van der Waals surface area contributed by atoms with Crippen LogP contribution in [0.4, 0.5) is 0 Å². The number of nitrogens with zero attached hydrogens (tertiary/aromatic N) is 1. The molecule has 0 radical (unpaired) electrons. The number of amides is 1. The Labute approximate surface area is 188 Å². The lowest BCUT2D eigenvalue weighted by Crippen LogP contribution is -2.38. The van der Waals surface area contributed by atoms with Gasteiger partial charge in [-0.1, -0.05) is 48.0 Å². The first-order valence-electron chi connectivity index (χ1n) is 10.8. The number of aryl methyl sites for hydroxylation is 1. The quantitative estimate of drug-likeness (QED) is 0.403. The molecule has 0 aliphatic carbocycles. The first-order chi connectivity index (χ1) is 15.6. The highest BCUT2D eigenvalue weighted by atomic mass is 16.5. The SMILES string of the molecule is CCN(C(=O)COc1ccc(C)cc1)[C@H](c1ccc(OC)cc1)c1c[nH]c2ccccc12. The summed E-state index contributed by atoms with van der Waals surface area (Å²) in [5.41, 5.74) is 4.26. The van der Waals surface area contributed by atoms with Crippen LogP contribution in [-0.2, 0) is 4.79 Å². The first kappa shape index (κ1) is 21.5. The summed E-state index contributed by atoms with van der Waals surface area (Å²) in [5, 5.41) is 1.10. The number of hydrogen-bond donors (Lipinski definition) is 1. The number of benzene rings is 3. The number of H-pyrrole nitrogens is 1. The number of ether oxygens (including phenoxy) is 2. The van der Waals surface area contributed by atoms with E-state index >= 15 is 0 Å². The van der Waals surface area contributed by atoms with Gasteiger partial charge in [-0.25, -0.2) is 0 Å². The van der Waals surface area contributed by atoms with Crippen LogP contribution in [-0.4, -0.2) is 36.1 Å². The summed E-state index contributed by atoms with van der Waals surface area (Å²) in [6.45, 7) is 4.54. The maximum Gasteiger partial charge on any atom is 0.261 e. The third-order valence-corrected chi connectivity index (χ3v) is 5.70. The molecule has 164 valence electrons. The van der Waals surface area contributed by atoms with Crippen LogP contribution in [0.3, 0.4) is 0 Å². The van der Waals surface area contributed by atoms with E-state index in [2.05, 4.69) is 11.1 Å². The molecular weight excluding hydrogens is 400 g/mol. The molecule has 0 aliphatic rings. The van der Waals surface area contributed by atoms with Crippen LogP contribution < -0.4 is 9.47 Å². The summed E-state index contributed by atoms with van der Waals surface area (Å²) < 4.78 is 11.1. The fourth-order valence-corrected chi connectivity index (χ4v) is 4.00. The van der Waals surface area contributed by atoms with Crippen LogP contribution in [0, 0.1) is 6.92 Å². The molecule has 5 heteroatoms. The number of aromatic nitrogens is 1. The van der Waals surface area contributed by atoms with Crippen LogP contribution in [0.15, 0.2) is 79.0 Å². The van der Waals surface area contributed by atoms with Crippen molar-refractivity contribution in [3.05, 3.63) is 95.7 Å². The largest absolute Gasteiger partial charge is 0.497 e. The third kappa shape index (κ3) is 4.47. The maximum absolute atomic E-state index is 13.3. The first-order valence-corrected chi connectivity index (χ1v) is 10.8. The van der Waals surface area contributed by atoms with Crippen molar-refractivity contribution in [2.24, 2.45) is 0 Å². The van der Waals surface area contributed by atoms with Gasteiger partial charge >= 0.3 is 0 Å². The van der Waals surface area contributed by atoms with Crippen LogP contribution in [0.25, 0.3) is 10.9 Å². The molecule has 0 saturated heterocycles. The smallest absolute Gasteiger partial charge is 0.261 e. The number of aromatic amines is 1. The second-order valence-corrected chi connectivity index (χ2v) is 7.75.